The van der Waals surface area contributed by atoms with Crippen LogP contribution in [-0.4, -0.2) is 43.8 Å². The minimum absolute atomic E-state index is 0.231. The molecule has 0 saturated carbocycles. The van der Waals surface area contributed by atoms with E-state index in [0.717, 1.165) is 45.4 Å². The predicted octanol–water partition coefficient (Wildman–Crippen LogP) is 9.40. The first-order chi connectivity index (χ1) is 20.5. The van der Waals surface area contributed by atoms with Gasteiger partial charge in [-0.05, 0) is 58.2 Å². The second kappa shape index (κ2) is 59.7. The first-order valence-corrected chi connectivity index (χ1v) is 18.4. The number of hydrogen-bond acceptors (Lipinski definition) is 5. The van der Waals surface area contributed by atoms with Crippen molar-refractivity contribution < 1.29 is 9.90 Å². The minimum atomic E-state index is 0.231. The van der Waals surface area contributed by atoms with Crippen molar-refractivity contribution in [2.75, 3.05) is 32.8 Å². The summed E-state index contributed by atoms with van der Waals surface area (Å²) in [5, 5.41) is 11.3. The third-order valence-corrected chi connectivity index (χ3v) is 6.54. The van der Waals surface area contributed by atoms with Crippen molar-refractivity contribution in [3.8, 4) is 0 Å². The molecule has 260 valence electrons. The first kappa shape index (κ1) is 50.9. The molecule has 6 nitrogen and oxygen atoms in total. The molecule has 0 spiro atoms. The molecule has 0 aromatic heterocycles. The number of amides is 1. The summed E-state index contributed by atoms with van der Waals surface area (Å²) in [6, 6.07) is 0. The Morgan fingerprint density at radius 1 is 0.452 bits per heavy atom. The molecule has 8 N–H and O–H groups in total. The zero-order chi connectivity index (χ0) is 32.8. The molecule has 6 heteroatoms. The zero-order valence-electron chi connectivity index (χ0n) is 30.1. The fourth-order valence-corrected chi connectivity index (χ4v) is 3.66. The molecule has 0 unspecified atom stereocenters. The van der Waals surface area contributed by atoms with Gasteiger partial charge in [0.15, 0.2) is 0 Å². The molecule has 0 aromatic carbocycles. The highest BCUT2D eigenvalue weighted by Gasteiger charge is 1.98. The Morgan fingerprint density at radius 2 is 0.762 bits per heavy atom. The van der Waals surface area contributed by atoms with Crippen molar-refractivity contribution >= 4 is 5.91 Å². The highest BCUT2D eigenvalue weighted by Crippen LogP contribution is 2.00. The number of carbonyl (C=O) groups excluding carboxylic acids is 1. The van der Waals surface area contributed by atoms with Crippen molar-refractivity contribution in [1.29, 1.82) is 0 Å². The predicted molar refractivity (Wildman–Crippen MR) is 192 cm³/mol. The molecule has 0 aromatic rings. The summed E-state index contributed by atoms with van der Waals surface area (Å²) < 4.78 is 0. The number of unbranched alkanes of at least 4 members (excludes halogenated alkanes) is 17. The topological polar surface area (TPSA) is 127 Å². The van der Waals surface area contributed by atoms with Gasteiger partial charge in [0, 0.05) is 19.6 Å². The lowest BCUT2D eigenvalue weighted by molar-refractivity contribution is -0.121. The molecule has 0 atom stereocenters. The number of aliphatic hydroxyl groups is 1. The van der Waals surface area contributed by atoms with Crippen LogP contribution in [0.1, 0.15) is 196 Å². The van der Waals surface area contributed by atoms with E-state index in [2.05, 4.69) is 46.9 Å². The van der Waals surface area contributed by atoms with Crippen LogP contribution in [0, 0.1) is 0 Å². The van der Waals surface area contributed by atoms with E-state index in [9.17, 15) is 4.79 Å². The zero-order valence-corrected chi connectivity index (χ0v) is 30.1. The Hall–Kier alpha value is -0.690. The Labute approximate surface area is 266 Å². The summed E-state index contributed by atoms with van der Waals surface area (Å²) in [7, 11) is 0. The number of hydrogen-bond donors (Lipinski definition) is 5. The van der Waals surface area contributed by atoms with E-state index in [-0.39, 0.29) is 5.91 Å². The number of rotatable bonds is 25. The normalized spacial score (nSPS) is 9.67. The van der Waals surface area contributed by atoms with Crippen molar-refractivity contribution in [3.63, 3.8) is 0 Å². The van der Waals surface area contributed by atoms with Crippen LogP contribution < -0.4 is 22.5 Å². The standard InChI is InChI=1S/C12H25NO.3C6H15N.C6H14O/c1-3-5-7-9-11-13-12(14)10-8-6-4-2;4*1-2-3-4-5-6-7/h3-11H2,1-2H3,(H,13,14);3*2-7H2,1H3;7H,2-6H2,1H3. The highest BCUT2D eigenvalue weighted by molar-refractivity contribution is 5.75. The molecule has 1 amide bonds. The number of aliphatic hydroxyl groups excluding tert-OH is 1. The maximum atomic E-state index is 11.2. The Bertz CT molecular complexity index is 343. The van der Waals surface area contributed by atoms with Crippen molar-refractivity contribution in [1.82, 2.24) is 5.32 Å². The maximum absolute atomic E-state index is 11.2. The quantitative estimate of drug-likeness (QED) is 0.0663. The molecule has 0 bridgehead atoms. The van der Waals surface area contributed by atoms with Gasteiger partial charge in [-0.1, -0.05) is 151 Å². The molecular weight excluding hydrogens is 520 g/mol. The third kappa shape index (κ3) is 77.4. The Morgan fingerprint density at radius 3 is 1.07 bits per heavy atom. The van der Waals surface area contributed by atoms with Crippen LogP contribution in [0.15, 0.2) is 0 Å². The minimum Gasteiger partial charge on any atom is -0.396 e. The van der Waals surface area contributed by atoms with E-state index in [1.807, 2.05) is 0 Å². The molecule has 0 aliphatic carbocycles. The summed E-state index contributed by atoms with van der Waals surface area (Å²) in [4.78, 5) is 11.2. The van der Waals surface area contributed by atoms with E-state index in [1.165, 1.54) is 128 Å². The molecular formula is C36H84N4O2. The summed E-state index contributed by atoms with van der Waals surface area (Å²) in [5.74, 6) is 0.231. The molecule has 42 heavy (non-hydrogen) atoms. The Balaban J connectivity index is -0.000000142. The number of carbonyl (C=O) groups is 1. The van der Waals surface area contributed by atoms with Gasteiger partial charge in [0.25, 0.3) is 0 Å². The van der Waals surface area contributed by atoms with Crippen LogP contribution in [0.4, 0.5) is 0 Å². The maximum Gasteiger partial charge on any atom is 0.219 e. The third-order valence-electron chi connectivity index (χ3n) is 6.54. The van der Waals surface area contributed by atoms with Crippen molar-refractivity contribution in [2.45, 2.75) is 196 Å². The lowest BCUT2D eigenvalue weighted by atomic mass is 10.2. The van der Waals surface area contributed by atoms with Crippen LogP contribution in [0.3, 0.4) is 0 Å². The van der Waals surface area contributed by atoms with Crippen LogP contribution in [0.25, 0.3) is 0 Å². The van der Waals surface area contributed by atoms with Gasteiger partial charge in [0.2, 0.25) is 5.91 Å². The smallest absolute Gasteiger partial charge is 0.219 e. The molecule has 0 saturated heterocycles. The number of nitrogens with one attached hydrogen (secondary N) is 1. The van der Waals surface area contributed by atoms with E-state index in [0.29, 0.717) is 13.0 Å². The largest absolute Gasteiger partial charge is 0.396 e. The van der Waals surface area contributed by atoms with E-state index in [1.54, 1.807) is 0 Å². The van der Waals surface area contributed by atoms with Gasteiger partial charge in [0.1, 0.15) is 0 Å². The first-order valence-electron chi connectivity index (χ1n) is 18.4. The molecule has 0 fully saturated rings. The molecule has 0 rings (SSSR count). The molecule has 0 radical (unpaired) electrons. The van der Waals surface area contributed by atoms with Crippen LogP contribution in [0.2, 0.25) is 0 Å². The summed E-state index contributed by atoms with van der Waals surface area (Å²) in [5.41, 5.74) is 15.8. The monoisotopic (exact) mass is 605 g/mol. The van der Waals surface area contributed by atoms with E-state index < -0.39 is 0 Å². The lowest BCUT2D eigenvalue weighted by Crippen LogP contribution is -2.23. The van der Waals surface area contributed by atoms with Crippen molar-refractivity contribution in [3.05, 3.63) is 0 Å². The van der Waals surface area contributed by atoms with Gasteiger partial charge in [-0.15, -0.1) is 0 Å². The average molecular weight is 605 g/mol. The van der Waals surface area contributed by atoms with Gasteiger partial charge >= 0.3 is 0 Å². The Kier molecular flexibility index (Phi) is 72.3. The van der Waals surface area contributed by atoms with E-state index in [4.69, 9.17) is 22.3 Å². The van der Waals surface area contributed by atoms with E-state index >= 15 is 0 Å². The SMILES string of the molecule is CCCCCCN.CCCCCCN.CCCCCCN.CCCCCCNC(=O)CCCCC.CCCCCCO. The summed E-state index contributed by atoms with van der Waals surface area (Å²) in [6.07, 6.45) is 29.2. The van der Waals surface area contributed by atoms with Gasteiger partial charge < -0.3 is 27.6 Å². The molecule has 0 aliphatic heterocycles. The summed E-state index contributed by atoms with van der Waals surface area (Å²) >= 11 is 0. The highest BCUT2D eigenvalue weighted by atomic mass is 16.2. The molecule has 0 heterocycles. The fourth-order valence-electron chi connectivity index (χ4n) is 3.66. The van der Waals surface area contributed by atoms with Gasteiger partial charge in [-0.2, -0.15) is 0 Å². The van der Waals surface area contributed by atoms with Crippen LogP contribution in [0.5, 0.6) is 0 Å². The van der Waals surface area contributed by atoms with Crippen molar-refractivity contribution in [2.24, 2.45) is 17.2 Å². The van der Waals surface area contributed by atoms with Gasteiger partial charge in [0.05, 0.1) is 0 Å². The number of nitrogens with two attached hydrogens (primary N) is 3. The summed E-state index contributed by atoms with van der Waals surface area (Å²) in [6.45, 7) is 16.9. The van der Waals surface area contributed by atoms with Crippen LogP contribution in [-0.2, 0) is 4.79 Å². The second-order valence-electron chi connectivity index (χ2n) is 11.2. The molecule has 0 aliphatic rings. The lowest BCUT2D eigenvalue weighted by Gasteiger charge is -2.04. The average Bonchev–Trinajstić information content (AvgIpc) is 3.00. The van der Waals surface area contributed by atoms with Crippen LogP contribution >= 0.6 is 0 Å². The van der Waals surface area contributed by atoms with Gasteiger partial charge in [-0.3, -0.25) is 4.79 Å². The fraction of sp³-hybridized carbons (Fsp3) is 0.972. The van der Waals surface area contributed by atoms with Gasteiger partial charge in [-0.25, -0.2) is 0 Å². The second-order valence-corrected chi connectivity index (χ2v) is 11.2.